The van der Waals surface area contributed by atoms with Crippen LogP contribution in [0.2, 0.25) is 0 Å². The number of hydrogen-bond donors (Lipinski definition) is 0. The number of benzene rings is 2. The zero-order chi connectivity index (χ0) is 24.2. The molecule has 0 N–H and O–H groups in total. The molecule has 0 aliphatic heterocycles. The predicted octanol–water partition coefficient (Wildman–Crippen LogP) is 4.49. The van der Waals surface area contributed by atoms with Crippen molar-refractivity contribution in [3.63, 3.8) is 0 Å². The van der Waals surface area contributed by atoms with Crippen molar-refractivity contribution in [2.75, 3.05) is 12.0 Å². The molecule has 2 atom stereocenters. The summed E-state index contributed by atoms with van der Waals surface area (Å²) in [6.07, 6.45) is 10.6. The Labute approximate surface area is 199 Å². The fourth-order valence-electron chi connectivity index (χ4n) is 5.60. The van der Waals surface area contributed by atoms with E-state index in [4.69, 9.17) is 0 Å². The highest BCUT2D eigenvalue weighted by Gasteiger charge is 2.32. The molecule has 3 aliphatic carbocycles. The number of carbonyl (C=O) groups excluding carboxylic acids is 1. The van der Waals surface area contributed by atoms with E-state index in [9.17, 15) is 17.6 Å². The maximum absolute atomic E-state index is 13.7. The fraction of sp³-hybridized carbons (Fsp3) is 0.276. The van der Waals surface area contributed by atoms with Crippen LogP contribution < -0.4 is 10.4 Å². The lowest BCUT2D eigenvalue weighted by Crippen LogP contribution is -2.34. The van der Waals surface area contributed by atoms with Gasteiger partial charge in [0.2, 0.25) is 0 Å². The van der Waals surface area contributed by atoms with Gasteiger partial charge in [0.1, 0.15) is 5.82 Å². The van der Waals surface area contributed by atoms with Crippen LogP contribution in [-0.2, 0) is 9.84 Å². The van der Waals surface area contributed by atoms with Crippen molar-refractivity contribution in [3.05, 3.63) is 105 Å². The van der Waals surface area contributed by atoms with Gasteiger partial charge >= 0.3 is 0 Å². The summed E-state index contributed by atoms with van der Waals surface area (Å²) in [7, 11) is -3.23. The number of rotatable bonds is 4. The van der Waals surface area contributed by atoms with Gasteiger partial charge in [-0.2, -0.15) is 0 Å². The minimum Gasteiger partial charge on any atom is -0.289 e. The fourth-order valence-corrected chi connectivity index (χ4v) is 6.42. The van der Waals surface area contributed by atoms with Crippen LogP contribution in [0.25, 0.3) is 11.1 Å². The third-order valence-electron chi connectivity index (χ3n) is 7.10. The van der Waals surface area contributed by atoms with Gasteiger partial charge in [-0.05, 0) is 74.9 Å². The average molecular weight is 475 g/mol. The minimum atomic E-state index is -3.23. The molecule has 174 valence electrons. The molecular weight excluding hydrogens is 447 g/mol. The Bertz CT molecular complexity index is 1540. The lowest BCUT2D eigenvalue weighted by atomic mass is 9.71. The molecule has 2 unspecified atom stereocenters. The topological polar surface area (TPSA) is 51.2 Å². The summed E-state index contributed by atoms with van der Waals surface area (Å²) in [6, 6.07) is 10.6. The highest BCUT2D eigenvalue weighted by molar-refractivity contribution is 7.91. The number of fused-ring (bicyclic) bond motifs is 4. The van der Waals surface area contributed by atoms with Crippen molar-refractivity contribution in [3.8, 4) is 0 Å². The Morgan fingerprint density at radius 1 is 1.06 bits per heavy atom. The summed E-state index contributed by atoms with van der Waals surface area (Å²) >= 11 is 0. The minimum absolute atomic E-state index is 0.0122. The number of hydrogen-bond acceptors (Lipinski definition) is 3. The molecule has 0 aromatic heterocycles. The van der Waals surface area contributed by atoms with Crippen LogP contribution >= 0.6 is 0 Å². The molecule has 0 radical (unpaired) electrons. The standard InChI is InChI=1S/C29H27FO3S/c1-4-18-9-12-22(19-7-10-21(30)11-8-19)28-24-14-13-23-20(16-34(3,32)33)6-5-17(2)27(23)29(24)26(31)15-25(18)28/h5-11,13-15,17,22H,4,12,16H2,1-3H3. The van der Waals surface area contributed by atoms with Gasteiger partial charge in [-0.1, -0.05) is 56.3 Å². The zero-order valence-electron chi connectivity index (χ0n) is 19.6. The molecular formula is C29H27FO3S. The highest BCUT2D eigenvalue weighted by atomic mass is 32.2. The summed E-state index contributed by atoms with van der Waals surface area (Å²) in [5.41, 5.74) is 6.54. The van der Waals surface area contributed by atoms with Gasteiger partial charge in [0.15, 0.2) is 15.6 Å². The average Bonchev–Trinajstić information content (AvgIpc) is 2.79. The van der Waals surface area contributed by atoms with Gasteiger partial charge < -0.3 is 0 Å². The first kappa shape index (κ1) is 22.7. The van der Waals surface area contributed by atoms with E-state index in [0.29, 0.717) is 5.56 Å². The molecule has 34 heavy (non-hydrogen) atoms. The molecule has 5 heteroatoms. The number of sulfone groups is 1. The van der Waals surface area contributed by atoms with E-state index in [-0.39, 0.29) is 29.2 Å². The molecule has 3 nitrogen and oxygen atoms in total. The Morgan fingerprint density at radius 2 is 1.76 bits per heavy atom. The second kappa shape index (κ2) is 8.31. The molecule has 0 heterocycles. The van der Waals surface area contributed by atoms with Crippen LogP contribution in [0, 0.1) is 5.82 Å². The van der Waals surface area contributed by atoms with E-state index in [0.717, 1.165) is 56.7 Å². The maximum atomic E-state index is 13.7. The zero-order valence-corrected chi connectivity index (χ0v) is 20.4. The summed E-state index contributed by atoms with van der Waals surface area (Å²) in [6.45, 7) is 4.13. The van der Waals surface area contributed by atoms with E-state index in [1.54, 1.807) is 6.08 Å². The monoisotopic (exact) mass is 474 g/mol. The molecule has 3 aliphatic rings. The highest BCUT2D eigenvalue weighted by Crippen LogP contribution is 2.43. The normalized spacial score (nSPS) is 21.5. The Kier molecular flexibility index (Phi) is 5.56. The van der Waals surface area contributed by atoms with Crippen LogP contribution in [0.15, 0.2) is 71.8 Å². The smallest absolute Gasteiger partial charge is 0.187 e. The van der Waals surface area contributed by atoms with Gasteiger partial charge in [-0.3, -0.25) is 4.79 Å². The summed E-state index contributed by atoms with van der Waals surface area (Å²) in [5.74, 6) is -0.365. The van der Waals surface area contributed by atoms with Gasteiger partial charge in [-0.25, -0.2) is 12.8 Å². The van der Waals surface area contributed by atoms with E-state index in [2.05, 4.69) is 13.0 Å². The number of allylic oxidation sites excluding steroid dienone is 6. The Morgan fingerprint density at radius 3 is 2.44 bits per heavy atom. The summed E-state index contributed by atoms with van der Waals surface area (Å²) < 4.78 is 37.8. The van der Waals surface area contributed by atoms with E-state index >= 15 is 0 Å². The SMILES string of the molecule is CCC1=CCC(c2ccc(F)cc2)C2=c3ccc4c(c3C(=O)C=C12)C(C)C=CC=4CS(C)(=O)=O. The van der Waals surface area contributed by atoms with Crippen molar-refractivity contribution in [2.45, 2.75) is 38.5 Å². The molecule has 0 spiro atoms. The number of halogens is 1. The van der Waals surface area contributed by atoms with Gasteiger partial charge in [0.25, 0.3) is 0 Å². The summed E-state index contributed by atoms with van der Waals surface area (Å²) in [4.78, 5) is 13.6. The van der Waals surface area contributed by atoms with E-state index in [1.807, 2.05) is 43.3 Å². The maximum Gasteiger partial charge on any atom is 0.187 e. The largest absolute Gasteiger partial charge is 0.289 e. The van der Waals surface area contributed by atoms with Crippen LogP contribution in [0.3, 0.4) is 0 Å². The van der Waals surface area contributed by atoms with Crippen LogP contribution in [0.1, 0.15) is 60.0 Å². The third kappa shape index (κ3) is 3.82. The molecule has 0 bridgehead atoms. The Hall–Kier alpha value is -3.05. The predicted molar refractivity (Wildman–Crippen MR) is 134 cm³/mol. The first-order valence-electron chi connectivity index (χ1n) is 11.7. The van der Waals surface area contributed by atoms with Gasteiger partial charge in [-0.15, -0.1) is 0 Å². The van der Waals surface area contributed by atoms with Crippen molar-refractivity contribution < 1.29 is 17.6 Å². The van der Waals surface area contributed by atoms with Gasteiger partial charge in [0, 0.05) is 23.7 Å². The second-order valence-electron chi connectivity index (χ2n) is 9.45. The number of ketones is 1. The van der Waals surface area contributed by atoms with Crippen molar-refractivity contribution in [2.24, 2.45) is 0 Å². The van der Waals surface area contributed by atoms with Crippen molar-refractivity contribution >= 4 is 26.8 Å². The van der Waals surface area contributed by atoms with Gasteiger partial charge in [0.05, 0.1) is 5.75 Å². The van der Waals surface area contributed by atoms with E-state index < -0.39 is 9.84 Å². The first-order valence-corrected chi connectivity index (χ1v) is 13.7. The summed E-state index contributed by atoms with van der Waals surface area (Å²) in [5, 5.41) is 1.75. The van der Waals surface area contributed by atoms with Crippen LogP contribution in [-0.4, -0.2) is 26.2 Å². The molecule has 0 saturated carbocycles. The molecule has 0 saturated heterocycles. The van der Waals surface area contributed by atoms with E-state index in [1.165, 1.54) is 18.4 Å². The lowest BCUT2D eigenvalue weighted by molar-refractivity contribution is 0.104. The molecule has 2 aromatic carbocycles. The second-order valence-corrected chi connectivity index (χ2v) is 11.6. The lowest BCUT2D eigenvalue weighted by Gasteiger charge is -2.32. The first-order chi connectivity index (χ1) is 16.2. The molecule has 0 fully saturated rings. The Balaban J connectivity index is 1.85. The molecule has 5 rings (SSSR count). The van der Waals surface area contributed by atoms with Crippen LogP contribution in [0.4, 0.5) is 4.39 Å². The number of carbonyl (C=O) groups is 1. The van der Waals surface area contributed by atoms with Crippen LogP contribution in [0.5, 0.6) is 0 Å². The molecule has 0 amide bonds. The van der Waals surface area contributed by atoms with Crippen molar-refractivity contribution in [1.82, 2.24) is 0 Å². The molecule has 2 aromatic rings. The van der Waals surface area contributed by atoms with Crippen molar-refractivity contribution in [1.29, 1.82) is 0 Å². The quantitative estimate of drug-likeness (QED) is 0.656. The third-order valence-corrected chi connectivity index (χ3v) is 7.94.